The van der Waals surface area contributed by atoms with Gasteiger partial charge in [0.1, 0.15) is 0 Å². The maximum absolute atomic E-state index is 12.1. The van der Waals surface area contributed by atoms with Crippen LogP contribution in [0.5, 0.6) is 0 Å². The van der Waals surface area contributed by atoms with E-state index in [0.29, 0.717) is 10.7 Å². The zero-order valence-electron chi connectivity index (χ0n) is 10.7. The van der Waals surface area contributed by atoms with Crippen LogP contribution in [0, 0.1) is 5.92 Å². The molecule has 0 radical (unpaired) electrons. The van der Waals surface area contributed by atoms with Gasteiger partial charge >= 0.3 is 0 Å². The standard InChI is InChI=1S/C14H24BrNO/c15-13-7-4-10-16(11-13)14(17)9-8-12-5-2-1-3-6-12/h12-13H,1-11H2. The van der Waals surface area contributed by atoms with E-state index >= 15 is 0 Å². The molecule has 0 spiro atoms. The number of hydrogen-bond acceptors (Lipinski definition) is 1. The number of piperidine rings is 1. The maximum Gasteiger partial charge on any atom is 0.222 e. The third-order valence-electron chi connectivity index (χ3n) is 4.21. The smallest absolute Gasteiger partial charge is 0.222 e. The second-order valence-electron chi connectivity index (χ2n) is 5.62. The molecule has 2 nitrogen and oxygen atoms in total. The second kappa shape index (κ2) is 6.77. The number of halogens is 1. The first kappa shape index (κ1) is 13.4. The molecule has 0 aromatic carbocycles. The van der Waals surface area contributed by atoms with Crippen molar-refractivity contribution in [2.75, 3.05) is 13.1 Å². The van der Waals surface area contributed by atoms with Gasteiger partial charge in [0.2, 0.25) is 5.91 Å². The van der Waals surface area contributed by atoms with Crippen LogP contribution in [0.3, 0.4) is 0 Å². The van der Waals surface area contributed by atoms with Gasteiger partial charge < -0.3 is 4.90 Å². The first-order valence-electron chi connectivity index (χ1n) is 7.17. The molecule has 2 rings (SSSR count). The molecule has 1 saturated carbocycles. The lowest BCUT2D eigenvalue weighted by atomic mass is 9.86. The molecule has 1 aliphatic heterocycles. The van der Waals surface area contributed by atoms with Crippen molar-refractivity contribution in [3.8, 4) is 0 Å². The zero-order chi connectivity index (χ0) is 12.1. The Morgan fingerprint density at radius 3 is 2.59 bits per heavy atom. The Labute approximate surface area is 113 Å². The second-order valence-corrected chi connectivity index (χ2v) is 6.92. The predicted molar refractivity (Wildman–Crippen MR) is 74.3 cm³/mol. The number of amides is 1. The third kappa shape index (κ3) is 4.27. The van der Waals surface area contributed by atoms with E-state index < -0.39 is 0 Å². The number of rotatable bonds is 3. The van der Waals surface area contributed by atoms with Gasteiger partial charge in [0.05, 0.1) is 0 Å². The summed E-state index contributed by atoms with van der Waals surface area (Å²) < 4.78 is 0. The molecule has 1 amide bonds. The first-order chi connectivity index (χ1) is 8.25. The summed E-state index contributed by atoms with van der Waals surface area (Å²) in [4.78, 5) is 14.7. The Balaban J connectivity index is 1.69. The van der Waals surface area contributed by atoms with Gasteiger partial charge in [-0.05, 0) is 25.2 Å². The quantitative estimate of drug-likeness (QED) is 0.727. The molecule has 1 atom stereocenters. The summed E-state index contributed by atoms with van der Waals surface area (Å²) in [5.74, 6) is 1.22. The normalized spacial score (nSPS) is 27.1. The van der Waals surface area contributed by atoms with Gasteiger partial charge in [-0.2, -0.15) is 0 Å². The monoisotopic (exact) mass is 301 g/mol. The van der Waals surface area contributed by atoms with Crippen molar-refractivity contribution in [2.45, 2.75) is 62.6 Å². The van der Waals surface area contributed by atoms with Gasteiger partial charge in [0, 0.05) is 24.3 Å². The molecule has 0 aromatic rings. The minimum atomic E-state index is 0.389. The summed E-state index contributed by atoms with van der Waals surface area (Å²) in [6, 6.07) is 0. The molecule has 2 aliphatic rings. The summed E-state index contributed by atoms with van der Waals surface area (Å²) in [5, 5.41) is 0. The van der Waals surface area contributed by atoms with Crippen LogP contribution in [0.2, 0.25) is 0 Å². The number of carbonyl (C=O) groups is 1. The van der Waals surface area contributed by atoms with Gasteiger partial charge in [-0.3, -0.25) is 4.79 Å². The van der Waals surface area contributed by atoms with Crippen molar-refractivity contribution in [1.82, 2.24) is 4.90 Å². The molecule has 1 aliphatic carbocycles. The minimum absolute atomic E-state index is 0.389. The van der Waals surface area contributed by atoms with E-state index in [2.05, 4.69) is 20.8 Å². The van der Waals surface area contributed by atoms with E-state index in [4.69, 9.17) is 0 Å². The largest absolute Gasteiger partial charge is 0.342 e. The molecule has 0 bridgehead atoms. The average molecular weight is 302 g/mol. The summed E-state index contributed by atoms with van der Waals surface area (Å²) in [6.07, 6.45) is 11.2. The van der Waals surface area contributed by atoms with Gasteiger partial charge in [-0.15, -0.1) is 0 Å². The van der Waals surface area contributed by atoms with E-state index in [-0.39, 0.29) is 0 Å². The van der Waals surface area contributed by atoms with Crippen molar-refractivity contribution in [1.29, 1.82) is 0 Å². The van der Waals surface area contributed by atoms with Crippen LogP contribution < -0.4 is 0 Å². The number of hydrogen-bond donors (Lipinski definition) is 0. The molecule has 1 unspecified atom stereocenters. The molecule has 1 saturated heterocycles. The van der Waals surface area contributed by atoms with E-state index in [9.17, 15) is 4.79 Å². The van der Waals surface area contributed by atoms with Crippen molar-refractivity contribution >= 4 is 21.8 Å². The number of likely N-dealkylation sites (tertiary alicyclic amines) is 1. The predicted octanol–water partition coefficient (Wildman–Crippen LogP) is 3.73. The highest BCUT2D eigenvalue weighted by Gasteiger charge is 2.22. The zero-order valence-corrected chi connectivity index (χ0v) is 12.3. The third-order valence-corrected chi connectivity index (χ3v) is 4.96. The molecule has 0 N–H and O–H groups in total. The highest BCUT2D eigenvalue weighted by atomic mass is 79.9. The fourth-order valence-electron chi connectivity index (χ4n) is 3.11. The molecule has 3 heteroatoms. The first-order valence-corrected chi connectivity index (χ1v) is 8.09. The van der Waals surface area contributed by atoms with Crippen molar-refractivity contribution < 1.29 is 4.79 Å². The number of alkyl halides is 1. The van der Waals surface area contributed by atoms with Crippen LogP contribution >= 0.6 is 15.9 Å². The summed E-state index contributed by atoms with van der Waals surface area (Å²) in [6.45, 7) is 1.90. The van der Waals surface area contributed by atoms with E-state index in [1.807, 2.05) is 0 Å². The SMILES string of the molecule is O=C(CCC1CCCCC1)N1CCCC(Br)C1. The number of carbonyl (C=O) groups excluding carboxylic acids is 1. The average Bonchev–Trinajstić information content (AvgIpc) is 2.37. The molecule has 98 valence electrons. The topological polar surface area (TPSA) is 20.3 Å². The molecule has 0 aromatic heterocycles. The van der Waals surface area contributed by atoms with E-state index in [1.165, 1.54) is 38.5 Å². The Bertz CT molecular complexity index is 251. The summed E-state index contributed by atoms with van der Waals surface area (Å²) in [5.41, 5.74) is 0. The van der Waals surface area contributed by atoms with E-state index in [0.717, 1.165) is 38.3 Å². The van der Waals surface area contributed by atoms with Crippen LogP contribution in [0.1, 0.15) is 57.8 Å². The fraction of sp³-hybridized carbons (Fsp3) is 0.929. The molecule has 2 fully saturated rings. The number of nitrogens with zero attached hydrogens (tertiary/aromatic N) is 1. The maximum atomic E-state index is 12.1. The Morgan fingerprint density at radius 1 is 1.12 bits per heavy atom. The van der Waals surface area contributed by atoms with Gasteiger partial charge in [-0.1, -0.05) is 48.0 Å². The fourth-order valence-corrected chi connectivity index (χ4v) is 3.79. The lowest BCUT2D eigenvalue weighted by molar-refractivity contribution is -0.132. The van der Waals surface area contributed by atoms with Gasteiger partial charge in [0.15, 0.2) is 0 Å². The molecule has 1 heterocycles. The Hall–Kier alpha value is -0.0500. The highest BCUT2D eigenvalue weighted by Crippen LogP contribution is 2.28. The van der Waals surface area contributed by atoms with Gasteiger partial charge in [0.25, 0.3) is 0 Å². The van der Waals surface area contributed by atoms with Crippen molar-refractivity contribution in [2.24, 2.45) is 5.92 Å². The molecular formula is C14H24BrNO. The van der Waals surface area contributed by atoms with Crippen LogP contribution in [-0.2, 0) is 4.79 Å². The van der Waals surface area contributed by atoms with Crippen molar-refractivity contribution in [3.63, 3.8) is 0 Å². The lowest BCUT2D eigenvalue weighted by Crippen LogP contribution is -2.40. The lowest BCUT2D eigenvalue weighted by Gasteiger charge is -2.31. The summed E-state index contributed by atoms with van der Waals surface area (Å²) in [7, 11) is 0. The van der Waals surface area contributed by atoms with Crippen LogP contribution in [0.4, 0.5) is 0 Å². The van der Waals surface area contributed by atoms with Gasteiger partial charge in [-0.25, -0.2) is 0 Å². The molecule has 17 heavy (non-hydrogen) atoms. The van der Waals surface area contributed by atoms with Crippen molar-refractivity contribution in [3.05, 3.63) is 0 Å². The van der Waals surface area contributed by atoms with Crippen LogP contribution in [0.25, 0.3) is 0 Å². The Kier molecular flexibility index (Phi) is 5.33. The van der Waals surface area contributed by atoms with Crippen LogP contribution in [-0.4, -0.2) is 28.7 Å². The summed E-state index contributed by atoms with van der Waals surface area (Å²) >= 11 is 3.63. The Morgan fingerprint density at radius 2 is 1.88 bits per heavy atom. The minimum Gasteiger partial charge on any atom is -0.342 e. The highest BCUT2D eigenvalue weighted by molar-refractivity contribution is 9.09. The van der Waals surface area contributed by atoms with E-state index in [1.54, 1.807) is 0 Å². The molecular weight excluding hydrogens is 278 g/mol. The van der Waals surface area contributed by atoms with Crippen LogP contribution in [0.15, 0.2) is 0 Å².